The Morgan fingerprint density at radius 3 is 1.79 bits per heavy atom. The highest BCUT2D eigenvalue weighted by atomic mass is 28.4. The quantitative estimate of drug-likeness (QED) is 0.538. The molecule has 0 radical (unpaired) electrons. The molecule has 2 fully saturated rings. The van der Waals surface area contributed by atoms with Crippen LogP contribution in [0.3, 0.4) is 0 Å². The summed E-state index contributed by atoms with van der Waals surface area (Å²) in [6.07, 6.45) is -0.132. The van der Waals surface area contributed by atoms with Crippen molar-refractivity contribution in [1.29, 1.82) is 0 Å². The predicted molar refractivity (Wildman–Crippen MR) is 102 cm³/mol. The van der Waals surface area contributed by atoms with E-state index in [1.807, 2.05) is 0 Å². The lowest BCUT2D eigenvalue weighted by atomic mass is 9.94. The van der Waals surface area contributed by atoms with E-state index in [1.54, 1.807) is 0 Å². The van der Waals surface area contributed by atoms with Crippen LogP contribution in [0.5, 0.6) is 0 Å². The predicted octanol–water partition coefficient (Wildman–Crippen LogP) is 4.51. The van der Waals surface area contributed by atoms with Gasteiger partial charge < -0.3 is 13.6 Å². The molecular formula is C18H36O4Si2. The van der Waals surface area contributed by atoms with E-state index in [4.69, 9.17) is 13.6 Å². The lowest BCUT2D eigenvalue weighted by Crippen LogP contribution is -2.53. The summed E-state index contributed by atoms with van der Waals surface area (Å²) in [6, 6.07) is 0. The molecule has 1 saturated heterocycles. The van der Waals surface area contributed by atoms with Crippen LogP contribution in [0.1, 0.15) is 48.0 Å². The Morgan fingerprint density at radius 1 is 0.875 bits per heavy atom. The van der Waals surface area contributed by atoms with Gasteiger partial charge in [-0.3, -0.25) is 4.79 Å². The zero-order chi connectivity index (χ0) is 18.7. The minimum atomic E-state index is -1.98. The fourth-order valence-electron chi connectivity index (χ4n) is 2.58. The van der Waals surface area contributed by atoms with Gasteiger partial charge in [-0.2, -0.15) is 0 Å². The number of fused-ring (bicyclic) bond motifs is 1. The summed E-state index contributed by atoms with van der Waals surface area (Å²) >= 11 is 0. The van der Waals surface area contributed by atoms with E-state index >= 15 is 0 Å². The normalized spacial score (nSPS) is 31.8. The largest absolute Gasteiger partial charge is 0.411 e. The van der Waals surface area contributed by atoms with Crippen molar-refractivity contribution in [2.75, 3.05) is 0 Å². The molecule has 24 heavy (non-hydrogen) atoms. The summed E-state index contributed by atoms with van der Waals surface area (Å²) in [7, 11) is -3.88. The van der Waals surface area contributed by atoms with Crippen LogP contribution in [0.15, 0.2) is 0 Å². The second-order valence-electron chi connectivity index (χ2n) is 10.5. The highest BCUT2D eigenvalue weighted by molar-refractivity contribution is 6.74. The summed E-state index contributed by atoms with van der Waals surface area (Å²) < 4.78 is 18.7. The van der Waals surface area contributed by atoms with Crippen molar-refractivity contribution in [3.63, 3.8) is 0 Å². The van der Waals surface area contributed by atoms with Crippen molar-refractivity contribution >= 4 is 22.4 Å². The standard InChI is InChI=1S/C18H36O4Si2/c1-17(2,3)23(7,8)21-13-11-12(19)14(16-15(13)20-16)22-24(9,10)18(4,5)6/h13-16H,11H2,1-10H3/t13-,14+,15+,16-/m1/s1. The Morgan fingerprint density at radius 2 is 1.33 bits per heavy atom. The molecule has 2 aliphatic rings. The molecule has 1 heterocycles. The topological polar surface area (TPSA) is 48.1 Å². The molecule has 1 saturated carbocycles. The minimum absolute atomic E-state index is 0.0339. The Balaban J connectivity index is 2.05. The first-order chi connectivity index (χ1) is 10.6. The van der Waals surface area contributed by atoms with Gasteiger partial charge in [0.05, 0.1) is 6.10 Å². The lowest BCUT2D eigenvalue weighted by Gasteiger charge is -2.41. The third kappa shape index (κ3) is 3.87. The van der Waals surface area contributed by atoms with Gasteiger partial charge in [-0.25, -0.2) is 0 Å². The third-order valence-electron chi connectivity index (χ3n) is 6.43. The summed E-state index contributed by atoms with van der Waals surface area (Å²) in [5, 5.41) is 0.223. The summed E-state index contributed by atoms with van der Waals surface area (Å²) in [5.41, 5.74) is 0. The van der Waals surface area contributed by atoms with Crippen molar-refractivity contribution < 1.29 is 18.4 Å². The highest BCUT2D eigenvalue weighted by Gasteiger charge is 2.60. The molecule has 0 amide bonds. The molecule has 1 aliphatic heterocycles. The summed E-state index contributed by atoms with van der Waals surface area (Å²) in [5.74, 6) is 0.155. The van der Waals surface area contributed by atoms with Crippen molar-refractivity contribution in [3.8, 4) is 0 Å². The van der Waals surface area contributed by atoms with E-state index in [0.29, 0.717) is 6.42 Å². The van der Waals surface area contributed by atoms with Crippen LogP contribution in [-0.2, 0) is 18.4 Å². The molecule has 4 atom stereocenters. The van der Waals surface area contributed by atoms with E-state index < -0.39 is 22.7 Å². The molecule has 0 aromatic heterocycles. The van der Waals surface area contributed by atoms with Crippen molar-refractivity contribution in [1.82, 2.24) is 0 Å². The first-order valence-electron chi connectivity index (χ1n) is 9.11. The number of hydrogen-bond acceptors (Lipinski definition) is 4. The first kappa shape index (κ1) is 20.3. The van der Waals surface area contributed by atoms with E-state index in [-0.39, 0.29) is 34.2 Å². The molecular weight excluding hydrogens is 336 g/mol. The second-order valence-corrected chi connectivity index (χ2v) is 20.0. The number of carbonyl (C=O) groups excluding carboxylic acids is 1. The van der Waals surface area contributed by atoms with Gasteiger partial charge in [-0.05, 0) is 36.3 Å². The second kappa shape index (κ2) is 6.01. The Bertz CT molecular complexity index is 502. The van der Waals surface area contributed by atoms with Gasteiger partial charge in [-0.15, -0.1) is 0 Å². The Hall–Kier alpha value is -0.0162. The number of ketones is 1. The van der Waals surface area contributed by atoms with Crippen LogP contribution in [0.25, 0.3) is 0 Å². The zero-order valence-corrected chi connectivity index (χ0v) is 19.1. The highest BCUT2D eigenvalue weighted by Crippen LogP contribution is 2.46. The van der Waals surface area contributed by atoms with Crippen LogP contribution in [-0.4, -0.2) is 46.8 Å². The monoisotopic (exact) mass is 372 g/mol. The van der Waals surface area contributed by atoms with Gasteiger partial charge in [0.15, 0.2) is 22.4 Å². The molecule has 0 aromatic rings. The maximum atomic E-state index is 12.7. The maximum Gasteiger partial charge on any atom is 0.193 e. The van der Waals surface area contributed by atoms with Gasteiger partial charge in [0, 0.05) is 6.42 Å². The number of epoxide rings is 1. The van der Waals surface area contributed by atoms with Gasteiger partial charge in [0.1, 0.15) is 18.3 Å². The fourth-order valence-corrected chi connectivity index (χ4v) is 5.17. The van der Waals surface area contributed by atoms with E-state index in [1.165, 1.54) is 0 Å². The van der Waals surface area contributed by atoms with Gasteiger partial charge >= 0.3 is 0 Å². The minimum Gasteiger partial charge on any atom is -0.411 e. The Kier molecular flexibility index (Phi) is 5.08. The molecule has 0 unspecified atom stereocenters. The number of ether oxygens (including phenoxy) is 1. The maximum absolute atomic E-state index is 12.7. The number of carbonyl (C=O) groups is 1. The van der Waals surface area contributed by atoms with Crippen LogP contribution >= 0.6 is 0 Å². The van der Waals surface area contributed by atoms with Crippen molar-refractivity contribution in [2.45, 2.75) is 109 Å². The third-order valence-corrected chi connectivity index (χ3v) is 15.4. The van der Waals surface area contributed by atoms with E-state index in [2.05, 4.69) is 67.7 Å². The number of Topliss-reactive ketones (excluding diaryl/α,β-unsaturated/α-hetero) is 1. The lowest BCUT2D eigenvalue weighted by molar-refractivity contribution is -0.130. The smallest absolute Gasteiger partial charge is 0.193 e. The molecule has 2 rings (SSSR count). The average Bonchev–Trinajstić information content (AvgIpc) is 3.11. The van der Waals surface area contributed by atoms with E-state index in [9.17, 15) is 4.79 Å². The molecule has 0 N–H and O–H groups in total. The zero-order valence-electron chi connectivity index (χ0n) is 17.1. The van der Waals surface area contributed by atoms with Gasteiger partial charge in [0.25, 0.3) is 0 Å². The average molecular weight is 373 g/mol. The van der Waals surface area contributed by atoms with Gasteiger partial charge in [-0.1, -0.05) is 41.5 Å². The number of rotatable bonds is 4. The van der Waals surface area contributed by atoms with Crippen LogP contribution in [0.2, 0.25) is 36.3 Å². The van der Waals surface area contributed by atoms with E-state index in [0.717, 1.165) is 0 Å². The van der Waals surface area contributed by atoms with Crippen LogP contribution in [0.4, 0.5) is 0 Å². The SMILES string of the molecule is CC(C)(C)[Si](C)(C)O[C@@H]1CC(=O)[C@H](O[Si](C)(C)C(C)(C)C)[C@H]2O[C@H]21. The van der Waals surface area contributed by atoms with Crippen molar-refractivity contribution in [2.24, 2.45) is 0 Å². The molecule has 0 aromatic carbocycles. The molecule has 0 bridgehead atoms. The number of hydrogen-bond donors (Lipinski definition) is 0. The van der Waals surface area contributed by atoms with Gasteiger partial charge in [0.2, 0.25) is 0 Å². The van der Waals surface area contributed by atoms with Crippen LogP contribution in [0, 0.1) is 0 Å². The molecule has 4 nitrogen and oxygen atoms in total. The summed E-state index contributed by atoms with van der Waals surface area (Å²) in [6.45, 7) is 22.1. The first-order valence-corrected chi connectivity index (χ1v) is 14.9. The molecule has 0 spiro atoms. The fraction of sp³-hybridized carbons (Fsp3) is 0.944. The van der Waals surface area contributed by atoms with Crippen LogP contribution < -0.4 is 0 Å². The Labute approximate surface area is 149 Å². The molecule has 140 valence electrons. The molecule has 6 heteroatoms. The summed E-state index contributed by atoms with van der Waals surface area (Å²) in [4.78, 5) is 12.7. The molecule has 1 aliphatic carbocycles. The van der Waals surface area contributed by atoms with Crippen molar-refractivity contribution in [3.05, 3.63) is 0 Å².